The Morgan fingerprint density at radius 3 is 2.39 bits per heavy atom. The highest BCUT2D eigenvalue weighted by atomic mass is 32.1. The monoisotopic (exact) mass is 425 g/mol. The van der Waals surface area contributed by atoms with E-state index in [0.717, 1.165) is 22.4 Å². The van der Waals surface area contributed by atoms with E-state index in [4.69, 9.17) is 4.74 Å². The highest BCUT2D eigenvalue weighted by molar-refractivity contribution is 7.15. The second-order valence-corrected chi connectivity index (χ2v) is 8.16. The van der Waals surface area contributed by atoms with Crippen LogP contribution < -0.4 is 14.8 Å². The Morgan fingerprint density at radius 2 is 1.65 bits per heavy atom. The minimum absolute atomic E-state index is 0.151. The molecule has 6 heteroatoms. The molecule has 0 aliphatic rings. The average Bonchev–Trinajstić information content (AvgIpc) is 3.32. The summed E-state index contributed by atoms with van der Waals surface area (Å²) in [6, 6.07) is 27.7. The van der Waals surface area contributed by atoms with Crippen molar-refractivity contribution in [3.63, 3.8) is 0 Å². The minimum Gasteiger partial charge on any atom is -0.489 e. The third-order valence-corrected chi connectivity index (χ3v) is 5.79. The first-order valence-electron chi connectivity index (χ1n) is 9.95. The van der Waals surface area contributed by atoms with Crippen molar-refractivity contribution in [1.82, 2.24) is 14.6 Å². The molecule has 0 amide bonds. The number of aromatic nitrogens is 3. The topological polar surface area (TPSA) is 56.5 Å². The molecule has 0 saturated carbocycles. The molecule has 0 bridgehead atoms. The number of nitrogens with zero attached hydrogens (tertiary/aromatic N) is 3. The van der Waals surface area contributed by atoms with Gasteiger partial charge in [0.15, 0.2) is 5.82 Å². The maximum atomic E-state index is 12.8. The molecule has 0 aliphatic carbocycles. The molecule has 2 heterocycles. The van der Waals surface area contributed by atoms with Crippen LogP contribution in [-0.4, -0.2) is 14.6 Å². The quantitative estimate of drug-likeness (QED) is 0.414. The third-order valence-electron chi connectivity index (χ3n) is 4.83. The van der Waals surface area contributed by atoms with Gasteiger partial charge in [-0.15, -0.1) is 5.10 Å². The summed E-state index contributed by atoms with van der Waals surface area (Å²) in [7, 11) is 0. The lowest BCUT2D eigenvalue weighted by atomic mass is 10.1. The second-order valence-electron chi connectivity index (χ2n) is 7.15. The molecule has 5 aromatic rings. The highest BCUT2D eigenvalue weighted by Crippen LogP contribution is 2.16. The fraction of sp³-hybridized carbons (Fsp3) is 0.0800. The van der Waals surface area contributed by atoms with E-state index < -0.39 is 0 Å². The molecule has 3 aromatic carbocycles. The summed E-state index contributed by atoms with van der Waals surface area (Å²) in [4.78, 5) is 17.9. The largest absolute Gasteiger partial charge is 0.489 e. The molecule has 5 nitrogen and oxygen atoms in total. The van der Waals surface area contributed by atoms with Gasteiger partial charge in [0.25, 0.3) is 5.56 Å². The van der Waals surface area contributed by atoms with Crippen LogP contribution in [0.25, 0.3) is 11.0 Å². The Kier molecular flexibility index (Phi) is 5.29. The van der Waals surface area contributed by atoms with E-state index in [1.807, 2.05) is 91.0 Å². The number of thiazole rings is 1. The van der Waals surface area contributed by atoms with Crippen molar-refractivity contribution in [3.05, 3.63) is 122 Å². The van der Waals surface area contributed by atoms with Gasteiger partial charge in [-0.25, -0.2) is 4.98 Å². The Labute approximate surface area is 182 Å². The Morgan fingerprint density at radius 1 is 0.903 bits per heavy atom. The lowest BCUT2D eigenvalue weighted by molar-refractivity contribution is 0.306. The standard InChI is InChI=1S/C25H19N3O2S/c29-24-22(31-25-26-23(27-28(24)25)16-18-8-3-1-4-9-18)15-20-12-7-13-21(14-20)30-17-19-10-5-2-6-11-19/h1-15H,16-17H2/b22-15-. The van der Waals surface area contributed by atoms with Crippen LogP contribution in [0.5, 0.6) is 5.75 Å². The summed E-state index contributed by atoms with van der Waals surface area (Å²) in [6.07, 6.45) is 2.46. The predicted molar refractivity (Wildman–Crippen MR) is 122 cm³/mol. The maximum absolute atomic E-state index is 12.8. The predicted octanol–water partition coefficient (Wildman–Crippen LogP) is 3.87. The van der Waals surface area contributed by atoms with Crippen LogP contribution in [0.2, 0.25) is 0 Å². The lowest BCUT2D eigenvalue weighted by Crippen LogP contribution is -2.23. The van der Waals surface area contributed by atoms with Crippen molar-refractivity contribution >= 4 is 22.4 Å². The van der Waals surface area contributed by atoms with Gasteiger partial charge in [-0.05, 0) is 34.9 Å². The van der Waals surface area contributed by atoms with E-state index in [-0.39, 0.29) is 5.56 Å². The molecule has 31 heavy (non-hydrogen) atoms. The van der Waals surface area contributed by atoms with Crippen molar-refractivity contribution < 1.29 is 4.74 Å². The normalized spacial score (nSPS) is 11.8. The molecule has 0 spiro atoms. The molecule has 0 saturated heterocycles. The van der Waals surface area contributed by atoms with E-state index in [1.165, 1.54) is 15.9 Å². The van der Waals surface area contributed by atoms with Crippen LogP contribution in [0, 0.1) is 0 Å². The van der Waals surface area contributed by atoms with Crippen molar-refractivity contribution in [2.45, 2.75) is 13.0 Å². The average molecular weight is 426 g/mol. The number of ether oxygens (including phenoxy) is 1. The number of rotatable bonds is 6. The lowest BCUT2D eigenvalue weighted by Gasteiger charge is -2.06. The van der Waals surface area contributed by atoms with Crippen LogP contribution in [0.1, 0.15) is 22.5 Å². The first-order chi connectivity index (χ1) is 15.2. The van der Waals surface area contributed by atoms with Crippen LogP contribution in [0.4, 0.5) is 0 Å². The van der Waals surface area contributed by atoms with Crippen LogP contribution in [-0.2, 0) is 13.0 Å². The van der Waals surface area contributed by atoms with Gasteiger partial charge >= 0.3 is 0 Å². The van der Waals surface area contributed by atoms with Crippen molar-refractivity contribution in [3.8, 4) is 5.75 Å². The van der Waals surface area contributed by atoms with Crippen molar-refractivity contribution in [2.75, 3.05) is 0 Å². The van der Waals surface area contributed by atoms with Gasteiger partial charge in [0.1, 0.15) is 12.4 Å². The number of fused-ring (bicyclic) bond motifs is 1. The zero-order chi connectivity index (χ0) is 21.0. The minimum atomic E-state index is -0.151. The van der Waals surface area contributed by atoms with Gasteiger partial charge in [-0.2, -0.15) is 4.52 Å². The third kappa shape index (κ3) is 4.39. The summed E-state index contributed by atoms with van der Waals surface area (Å²) < 4.78 is 7.88. The summed E-state index contributed by atoms with van der Waals surface area (Å²) >= 11 is 1.35. The van der Waals surface area contributed by atoms with Gasteiger partial charge in [0, 0.05) is 6.42 Å². The summed E-state index contributed by atoms with van der Waals surface area (Å²) in [5, 5.41) is 4.41. The summed E-state index contributed by atoms with van der Waals surface area (Å²) in [5.41, 5.74) is 2.97. The Balaban J connectivity index is 1.38. The molecular formula is C25H19N3O2S. The Bertz CT molecular complexity index is 1430. The number of hydrogen-bond donors (Lipinski definition) is 0. The first-order valence-corrected chi connectivity index (χ1v) is 10.8. The van der Waals surface area contributed by atoms with Gasteiger partial charge < -0.3 is 4.74 Å². The molecule has 0 atom stereocenters. The Hall–Kier alpha value is -3.77. The fourth-order valence-electron chi connectivity index (χ4n) is 3.31. The van der Waals surface area contributed by atoms with E-state index in [1.54, 1.807) is 0 Å². The second kappa shape index (κ2) is 8.53. The molecule has 0 N–H and O–H groups in total. The van der Waals surface area contributed by atoms with Crippen molar-refractivity contribution in [1.29, 1.82) is 0 Å². The zero-order valence-electron chi connectivity index (χ0n) is 16.6. The van der Waals surface area contributed by atoms with E-state index in [0.29, 0.717) is 28.3 Å². The van der Waals surface area contributed by atoms with E-state index in [2.05, 4.69) is 10.1 Å². The fourth-order valence-corrected chi connectivity index (χ4v) is 4.24. The molecule has 2 aromatic heterocycles. The SMILES string of the molecule is O=c1/c(=C/c2cccc(OCc3ccccc3)c2)sc2nc(Cc3ccccc3)nn12. The summed E-state index contributed by atoms with van der Waals surface area (Å²) in [5.74, 6) is 1.41. The number of benzene rings is 3. The molecular weight excluding hydrogens is 406 g/mol. The highest BCUT2D eigenvalue weighted by Gasteiger charge is 2.11. The van der Waals surface area contributed by atoms with Gasteiger partial charge in [0.2, 0.25) is 4.96 Å². The molecule has 152 valence electrons. The van der Waals surface area contributed by atoms with Gasteiger partial charge in [-0.3, -0.25) is 4.79 Å². The van der Waals surface area contributed by atoms with E-state index >= 15 is 0 Å². The zero-order valence-corrected chi connectivity index (χ0v) is 17.5. The van der Waals surface area contributed by atoms with Crippen molar-refractivity contribution in [2.24, 2.45) is 0 Å². The molecule has 0 fully saturated rings. The molecule has 0 unspecified atom stereocenters. The van der Waals surface area contributed by atoms with Crippen LogP contribution in [0.3, 0.4) is 0 Å². The van der Waals surface area contributed by atoms with Crippen LogP contribution >= 0.6 is 11.3 Å². The van der Waals surface area contributed by atoms with E-state index in [9.17, 15) is 4.79 Å². The van der Waals surface area contributed by atoms with Crippen LogP contribution in [0.15, 0.2) is 89.7 Å². The molecule has 0 aliphatic heterocycles. The maximum Gasteiger partial charge on any atom is 0.291 e. The van der Waals surface area contributed by atoms with Gasteiger partial charge in [-0.1, -0.05) is 84.1 Å². The summed E-state index contributed by atoms with van der Waals surface area (Å²) in [6.45, 7) is 0.498. The van der Waals surface area contributed by atoms with Gasteiger partial charge in [0.05, 0.1) is 4.53 Å². The number of hydrogen-bond acceptors (Lipinski definition) is 5. The molecule has 5 rings (SSSR count). The first kappa shape index (κ1) is 19.2. The smallest absolute Gasteiger partial charge is 0.291 e. The molecule has 0 radical (unpaired) electrons.